The summed E-state index contributed by atoms with van der Waals surface area (Å²) in [4.78, 5) is 11.4. The molecule has 1 aromatic rings. The quantitative estimate of drug-likeness (QED) is 0.741. The van der Waals surface area contributed by atoms with Gasteiger partial charge in [-0.15, -0.1) is 0 Å². The first-order chi connectivity index (χ1) is 6.77. The molecule has 0 aliphatic carbocycles. The summed E-state index contributed by atoms with van der Waals surface area (Å²) < 4.78 is 5.05. The second-order valence-corrected chi connectivity index (χ2v) is 2.98. The van der Waals surface area contributed by atoms with Crippen molar-refractivity contribution in [1.29, 1.82) is 0 Å². The summed E-state index contributed by atoms with van der Waals surface area (Å²) in [6, 6.07) is 8.76. The SMILES string of the molecule is CC[C@@H](CO)OC(=O)c1ccccc1. The molecule has 0 amide bonds. The number of esters is 1. The van der Waals surface area contributed by atoms with E-state index in [1.54, 1.807) is 24.3 Å². The molecule has 0 fully saturated rings. The van der Waals surface area contributed by atoms with Gasteiger partial charge < -0.3 is 9.84 Å². The second-order valence-electron chi connectivity index (χ2n) is 2.98. The Kier molecular flexibility index (Phi) is 4.13. The lowest BCUT2D eigenvalue weighted by molar-refractivity contribution is 0.0130. The largest absolute Gasteiger partial charge is 0.456 e. The van der Waals surface area contributed by atoms with Crippen LogP contribution in [0, 0.1) is 0 Å². The summed E-state index contributed by atoms with van der Waals surface area (Å²) in [5.41, 5.74) is 0.513. The van der Waals surface area contributed by atoms with Crippen LogP contribution in [0.5, 0.6) is 0 Å². The van der Waals surface area contributed by atoms with E-state index in [0.29, 0.717) is 12.0 Å². The van der Waals surface area contributed by atoms with E-state index in [9.17, 15) is 4.79 Å². The molecule has 1 rings (SSSR count). The number of carbonyl (C=O) groups is 1. The molecule has 0 aliphatic rings. The zero-order valence-electron chi connectivity index (χ0n) is 8.14. The van der Waals surface area contributed by atoms with Crippen molar-refractivity contribution in [2.75, 3.05) is 6.61 Å². The summed E-state index contributed by atoms with van der Waals surface area (Å²) in [5.74, 6) is -0.383. The van der Waals surface area contributed by atoms with Gasteiger partial charge in [0.1, 0.15) is 6.10 Å². The number of benzene rings is 1. The summed E-state index contributed by atoms with van der Waals surface area (Å²) in [7, 11) is 0. The lowest BCUT2D eigenvalue weighted by Gasteiger charge is -2.12. The highest BCUT2D eigenvalue weighted by Gasteiger charge is 2.12. The molecular formula is C11H14O3. The molecule has 0 saturated carbocycles. The predicted molar refractivity (Wildman–Crippen MR) is 53.0 cm³/mol. The zero-order chi connectivity index (χ0) is 10.4. The van der Waals surface area contributed by atoms with Gasteiger partial charge in [-0.1, -0.05) is 25.1 Å². The van der Waals surface area contributed by atoms with Gasteiger partial charge in [0.2, 0.25) is 0 Å². The van der Waals surface area contributed by atoms with Crippen molar-refractivity contribution in [3.8, 4) is 0 Å². The van der Waals surface area contributed by atoms with Crippen LogP contribution in [-0.4, -0.2) is 23.8 Å². The van der Waals surface area contributed by atoms with Gasteiger partial charge in [0.25, 0.3) is 0 Å². The summed E-state index contributed by atoms with van der Waals surface area (Å²) in [5, 5.41) is 8.84. The maximum atomic E-state index is 11.4. The summed E-state index contributed by atoms with van der Waals surface area (Å²) in [6.45, 7) is 1.73. The van der Waals surface area contributed by atoms with Crippen molar-refractivity contribution >= 4 is 5.97 Å². The standard InChI is InChI=1S/C11H14O3/c1-2-10(8-12)14-11(13)9-6-4-3-5-7-9/h3-7,10,12H,2,8H2,1H3/t10-/m0/s1. The Bertz CT molecular complexity index is 278. The van der Waals surface area contributed by atoms with Crippen LogP contribution in [0.4, 0.5) is 0 Å². The van der Waals surface area contributed by atoms with Crippen LogP contribution >= 0.6 is 0 Å². The molecule has 0 heterocycles. The van der Waals surface area contributed by atoms with Gasteiger partial charge in [0.05, 0.1) is 12.2 Å². The molecule has 0 saturated heterocycles. The first-order valence-corrected chi connectivity index (χ1v) is 4.64. The fourth-order valence-corrected chi connectivity index (χ4v) is 1.04. The monoisotopic (exact) mass is 194 g/mol. The Labute approximate surface area is 83.3 Å². The topological polar surface area (TPSA) is 46.5 Å². The molecule has 76 valence electrons. The molecule has 0 bridgehead atoms. The molecule has 0 radical (unpaired) electrons. The minimum atomic E-state index is -0.400. The second kappa shape index (κ2) is 5.40. The van der Waals surface area contributed by atoms with E-state index < -0.39 is 6.10 Å². The highest BCUT2D eigenvalue weighted by Crippen LogP contribution is 2.05. The predicted octanol–water partition coefficient (Wildman–Crippen LogP) is 1.61. The molecule has 3 nitrogen and oxygen atoms in total. The smallest absolute Gasteiger partial charge is 0.338 e. The molecule has 1 atom stereocenters. The van der Waals surface area contributed by atoms with E-state index >= 15 is 0 Å². The normalized spacial score (nSPS) is 12.1. The minimum absolute atomic E-state index is 0.130. The lowest BCUT2D eigenvalue weighted by Crippen LogP contribution is -2.20. The molecule has 1 aromatic carbocycles. The third-order valence-corrected chi connectivity index (χ3v) is 1.94. The Morgan fingerprint density at radius 2 is 2.07 bits per heavy atom. The molecular weight excluding hydrogens is 180 g/mol. The number of ether oxygens (including phenoxy) is 1. The number of rotatable bonds is 4. The Morgan fingerprint density at radius 3 is 2.57 bits per heavy atom. The van der Waals surface area contributed by atoms with Crippen molar-refractivity contribution in [2.45, 2.75) is 19.4 Å². The minimum Gasteiger partial charge on any atom is -0.456 e. The Balaban J connectivity index is 2.59. The Hall–Kier alpha value is -1.35. The van der Waals surface area contributed by atoms with Crippen molar-refractivity contribution in [1.82, 2.24) is 0 Å². The van der Waals surface area contributed by atoms with Gasteiger partial charge in [-0.25, -0.2) is 4.79 Å². The van der Waals surface area contributed by atoms with E-state index in [1.807, 2.05) is 13.0 Å². The van der Waals surface area contributed by atoms with Crippen molar-refractivity contribution in [3.63, 3.8) is 0 Å². The summed E-state index contributed by atoms with van der Waals surface area (Å²) >= 11 is 0. The third-order valence-electron chi connectivity index (χ3n) is 1.94. The molecule has 1 N–H and O–H groups in total. The van der Waals surface area contributed by atoms with Gasteiger partial charge >= 0.3 is 5.97 Å². The van der Waals surface area contributed by atoms with Crippen LogP contribution in [0.2, 0.25) is 0 Å². The number of hydrogen-bond acceptors (Lipinski definition) is 3. The van der Waals surface area contributed by atoms with Gasteiger partial charge in [-0.3, -0.25) is 0 Å². The van der Waals surface area contributed by atoms with Crippen LogP contribution in [0.15, 0.2) is 30.3 Å². The van der Waals surface area contributed by atoms with Gasteiger partial charge in [-0.05, 0) is 18.6 Å². The lowest BCUT2D eigenvalue weighted by atomic mass is 10.2. The fourth-order valence-electron chi connectivity index (χ4n) is 1.04. The van der Waals surface area contributed by atoms with E-state index in [4.69, 9.17) is 9.84 Å². The molecule has 0 unspecified atom stereocenters. The fraction of sp³-hybridized carbons (Fsp3) is 0.364. The number of aliphatic hydroxyl groups excluding tert-OH is 1. The molecule has 0 aromatic heterocycles. The first-order valence-electron chi connectivity index (χ1n) is 4.64. The summed E-state index contributed by atoms with van der Waals surface area (Å²) in [6.07, 6.45) is 0.220. The van der Waals surface area contributed by atoms with E-state index in [-0.39, 0.29) is 12.6 Å². The van der Waals surface area contributed by atoms with Gasteiger partial charge in [-0.2, -0.15) is 0 Å². The highest BCUT2D eigenvalue weighted by molar-refractivity contribution is 5.89. The highest BCUT2D eigenvalue weighted by atomic mass is 16.6. The van der Waals surface area contributed by atoms with E-state index in [1.165, 1.54) is 0 Å². The van der Waals surface area contributed by atoms with Crippen molar-refractivity contribution in [2.24, 2.45) is 0 Å². The third kappa shape index (κ3) is 2.85. The van der Waals surface area contributed by atoms with Crippen molar-refractivity contribution < 1.29 is 14.6 Å². The maximum absolute atomic E-state index is 11.4. The van der Waals surface area contributed by atoms with Crippen LogP contribution in [0.3, 0.4) is 0 Å². The van der Waals surface area contributed by atoms with Crippen LogP contribution in [-0.2, 0) is 4.74 Å². The van der Waals surface area contributed by atoms with Crippen LogP contribution in [0.25, 0.3) is 0 Å². The first kappa shape index (κ1) is 10.7. The number of aliphatic hydroxyl groups is 1. The molecule has 0 aliphatic heterocycles. The van der Waals surface area contributed by atoms with Gasteiger partial charge in [0, 0.05) is 0 Å². The van der Waals surface area contributed by atoms with Crippen LogP contribution in [0.1, 0.15) is 23.7 Å². The van der Waals surface area contributed by atoms with Crippen LogP contribution < -0.4 is 0 Å². The number of hydrogen-bond donors (Lipinski definition) is 1. The van der Waals surface area contributed by atoms with E-state index in [0.717, 1.165) is 0 Å². The van der Waals surface area contributed by atoms with E-state index in [2.05, 4.69) is 0 Å². The molecule has 0 spiro atoms. The average Bonchev–Trinajstić information content (AvgIpc) is 2.26. The average molecular weight is 194 g/mol. The maximum Gasteiger partial charge on any atom is 0.338 e. The zero-order valence-corrected chi connectivity index (χ0v) is 8.14. The number of carbonyl (C=O) groups excluding carboxylic acids is 1. The molecule has 3 heteroatoms. The van der Waals surface area contributed by atoms with Gasteiger partial charge in [0.15, 0.2) is 0 Å². The molecule has 14 heavy (non-hydrogen) atoms. The van der Waals surface area contributed by atoms with Crippen molar-refractivity contribution in [3.05, 3.63) is 35.9 Å². The Morgan fingerprint density at radius 1 is 1.43 bits per heavy atom.